The smallest absolute Gasteiger partial charge is 0.251 e. The summed E-state index contributed by atoms with van der Waals surface area (Å²) in [6.07, 6.45) is 3.01. The maximum Gasteiger partial charge on any atom is 0.251 e. The van der Waals surface area contributed by atoms with Gasteiger partial charge < -0.3 is 10.4 Å². The number of amides is 1. The number of carbonyl (C=O) groups excluding carboxylic acids is 1. The topological polar surface area (TPSA) is 49.3 Å². The van der Waals surface area contributed by atoms with E-state index in [0.717, 1.165) is 24.8 Å². The Morgan fingerprint density at radius 1 is 1.44 bits per heavy atom. The van der Waals surface area contributed by atoms with Crippen LogP contribution in [0.2, 0.25) is 0 Å². The number of halogens is 1. The first-order valence-electron chi connectivity index (χ1n) is 6.31. The van der Waals surface area contributed by atoms with Crippen molar-refractivity contribution in [1.82, 2.24) is 5.32 Å². The highest BCUT2D eigenvalue weighted by atomic mass is 35.5. The summed E-state index contributed by atoms with van der Waals surface area (Å²) in [5, 5.41) is 12.2. The van der Waals surface area contributed by atoms with Gasteiger partial charge in [0, 0.05) is 30.0 Å². The summed E-state index contributed by atoms with van der Waals surface area (Å²) in [6.45, 7) is 0.146. The van der Waals surface area contributed by atoms with Crippen LogP contribution in [0.25, 0.3) is 0 Å². The Hall–Kier alpha value is -1.06. The SMILES string of the molecule is O=C(NC1CCCC1CO)c1cccc(CCl)c1. The molecule has 18 heavy (non-hydrogen) atoms. The molecule has 1 saturated carbocycles. The highest BCUT2D eigenvalue weighted by Gasteiger charge is 2.28. The van der Waals surface area contributed by atoms with E-state index in [2.05, 4.69) is 5.32 Å². The van der Waals surface area contributed by atoms with Gasteiger partial charge in [0.2, 0.25) is 0 Å². The van der Waals surface area contributed by atoms with Crippen molar-refractivity contribution >= 4 is 17.5 Å². The monoisotopic (exact) mass is 267 g/mol. The molecule has 0 bridgehead atoms. The molecular formula is C14H18ClNO2. The fraction of sp³-hybridized carbons (Fsp3) is 0.500. The minimum absolute atomic E-state index is 0.0766. The van der Waals surface area contributed by atoms with Gasteiger partial charge in [-0.2, -0.15) is 0 Å². The number of hydrogen-bond acceptors (Lipinski definition) is 2. The molecule has 1 aromatic carbocycles. The summed E-state index contributed by atoms with van der Waals surface area (Å²) in [7, 11) is 0. The van der Waals surface area contributed by atoms with Crippen LogP contribution in [0.1, 0.15) is 35.2 Å². The van der Waals surface area contributed by atoms with Crippen LogP contribution in [0.5, 0.6) is 0 Å². The van der Waals surface area contributed by atoms with E-state index in [9.17, 15) is 9.90 Å². The van der Waals surface area contributed by atoms with Gasteiger partial charge in [0.1, 0.15) is 0 Å². The van der Waals surface area contributed by atoms with E-state index in [1.807, 2.05) is 18.2 Å². The Morgan fingerprint density at radius 2 is 2.28 bits per heavy atom. The summed E-state index contributed by atoms with van der Waals surface area (Å²) in [6, 6.07) is 7.43. The summed E-state index contributed by atoms with van der Waals surface area (Å²) in [4.78, 5) is 12.1. The van der Waals surface area contributed by atoms with E-state index in [4.69, 9.17) is 11.6 Å². The predicted octanol–water partition coefficient (Wildman–Crippen LogP) is 2.32. The van der Waals surface area contributed by atoms with Gasteiger partial charge in [0.05, 0.1) is 0 Å². The number of aliphatic hydroxyl groups excluding tert-OH is 1. The summed E-state index contributed by atoms with van der Waals surface area (Å²) < 4.78 is 0. The molecule has 0 radical (unpaired) electrons. The minimum Gasteiger partial charge on any atom is -0.396 e. The third kappa shape index (κ3) is 3.03. The molecule has 2 unspecified atom stereocenters. The molecule has 3 nitrogen and oxygen atoms in total. The molecular weight excluding hydrogens is 250 g/mol. The first kappa shape index (κ1) is 13.4. The lowest BCUT2D eigenvalue weighted by atomic mass is 10.0. The molecule has 0 heterocycles. The van der Waals surface area contributed by atoms with E-state index < -0.39 is 0 Å². The first-order chi connectivity index (χ1) is 8.74. The molecule has 0 spiro atoms. The van der Waals surface area contributed by atoms with E-state index in [1.54, 1.807) is 6.07 Å². The van der Waals surface area contributed by atoms with Crippen LogP contribution in [-0.2, 0) is 5.88 Å². The molecule has 0 aliphatic heterocycles. The molecule has 1 aliphatic carbocycles. The van der Waals surface area contributed by atoms with Gasteiger partial charge in [-0.05, 0) is 30.5 Å². The fourth-order valence-corrected chi connectivity index (χ4v) is 2.66. The fourth-order valence-electron chi connectivity index (χ4n) is 2.49. The molecule has 1 aromatic rings. The highest BCUT2D eigenvalue weighted by molar-refractivity contribution is 6.17. The zero-order chi connectivity index (χ0) is 13.0. The van der Waals surface area contributed by atoms with Crippen molar-refractivity contribution in [2.75, 3.05) is 6.61 Å². The van der Waals surface area contributed by atoms with Gasteiger partial charge in [-0.25, -0.2) is 0 Å². The Morgan fingerprint density at radius 3 is 3.00 bits per heavy atom. The van der Waals surface area contributed by atoms with Crippen molar-refractivity contribution in [3.05, 3.63) is 35.4 Å². The molecule has 2 N–H and O–H groups in total. The third-order valence-electron chi connectivity index (χ3n) is 3.55. The number of hydrogen-bond donors (Lipinski definition) is 2. The second-order valence-electron chi connectivity index (χ2n) is 4.79. The Labute approximate surface area is 112 Å². The molecule has 1 aliphatic rings. The Balaban J connectivity index is 2.02. The van der Waals surface area contributed by atoms with Crippen LogP contribution in [0.4, 0.5) is 0 Å². The Bertz CT molecular complexity index is 422. The van der Waals surface area contributed by atoms with E-state index >= 15 is 0 Å². The average molecular weight is 268 g/mol. The summed E-state index contributed by atoms with van der Waals surface area (Å²) in [5.74, 6) is 0.529. The molecule has 4 heteroatoms. The zero-order valence-corrected chi connectivity index (χ0v) is 11.0. The van der Waals surface area contributed by atoms with Gasteiger partial charge in [0.25, 0.3) is 5.91 Å². The van der Waals surface area contributed by atoms with Crippen molar-refractivity contribution in [3.8, 4) is 0 Å². The standard InChI is InChI=1S/C14H18ClNO2/c15-8-10-3-1-4-11(7-10)14(18)16-13-6-2-5-12(13)9-17/h1,3-4,7,12-13,17H,2,5-6,8-9H2,(H,16,18). The van der Waals surface area contributed by atoms with Crippen molar-refractivity contribution in [3.63, 3.8) is 0 Å². The van der Waals surface area contributed by atoms with Crippen LogP contribution in [0.15, 0.2) is 24.3 Å². The van der Waals surface area contributed by atoms with Gasteiger partial charge in [0.15, 0.2) is 0 Å². The van der Waals surface area contributed by atoms with Gasteiger partial charge in [-0.3, -0.25) is 4.79 Å². The van der Waals surface area contributed by atoms with Crippen LogP contribution in [0, 0.1) is 5.92 Å². The largest absolute Gasteiger partial charge is 0.396 e. The number of carbonyl (C=O) groups is 1. The van der Waals surface area contributed by atoms with E-state index in [0.29, 0.717) is 11.4 Å². The number of benzene rings is 1. The lowest BCUT2D eigenvalue weighted by Crippen LogP contribution is -2.38. The molecule has 2 atom stereocenters. The van der Waals surface area contributed by atoms with E-state index in [1.165, 1.54) is 0 Å². The number of rotatable bonds is 4. The third-order valence-corrected chi connectivity index (χ3v) is 3.86. The molecule has 0 saturated heterocycles. The average Bonchev–Trinajstić information content (AvgIpc) is 2.86. The van der Waals surface area contributed by atoms with Crippen LogP contribution >= 0.6 is 11.6 Å². The molecule has 0 aromatic heterocycles. The van der Waals surface area contributed by atoms with Gasteiger partial charge >= 0.3 is 0 Å². The summed E-state index contributed by atoms with van der Waals surface area (Å²) in [5.41, 5.74) is 1.58. The number of aliphatic hydroxyl groups is 1. The second-order valence-corrected chi connectivity index (χ2v) is 5.05. The maximum atomic E-state index is 12.1. The molecule has 98 valence electrons. The maximum absolute atomic E-state index is 12.1. The lowest BCUT2D eigenvalue weighted by molar-refractivity contribution is 0.0916. The predicted molar refractivity (Wildman–Crippen MR) is 71.7 cm³/mol. The lowest BCUT2D eigenvalue weighted by Gasteiger charge is -2.19. The van der Waals surface area contributed by atoms with Crippen molar-refractivity contribution < 1.29 is 9.90 Å². The van der Waals surface area contributed by atoms with Gasteiger partial charge in [-0.1, -0.05) is 18.6 Å². The van der Waals surface area contributed by atoms with Gasteiger partial charge in [-0.15, -0.1) is 11.6 Å². The normalized spacial score (nSPS) is 23.0. The first-order valence-corrected chi connectivity index (χ1v) is 6.84. The molecule has 1 amide bonds. The van der Waals surface area contributed by atoms with Crippen LogP contribution in [0.3, 0.4) is 0 Å². The number of alkyl halides is 1. The van der Waals surface area contributed by atoms with E-state index in [-0.39, 0.29) is 24.5 Å². The molecule has 1 fully saturated rings. The van der Waals surface area contributed by atoms with Crippen molar-refractivity contribution in [1.29, 1.82) is 0 Å². The van der Waals surface area contributed by atoms with Crippen molar-refractivity contribution in [2.45, 2.75) is 31.2 Å². The van der Waals surface area contributed by atoms with Crippen LogP contribution < -0.4 is 5.32 Å². The van der Waals surface area contributed by atoms with Crippen molar-refractivity contribution in [2.24, 2.45) is 5.92 Å². The van der Waals surface area contributed by atoms with Crippen LogP contribution in [-0.4, -0.2) is 23.7 Å². The Kier molecular flexibility index (Phi) is 4.61. The zero-order valence-electron chi connectivity index (χ0n) is 10.2. The number of nitrogens with one attached hydrogen (secondary N) is 1. The minimum atomic E-state index is -0.0766. The summed E-state index contributed by atoms with van der Waals surface area (Å²) >= 11 is 5.75. The second kappa shape index (κ2) is 6.21. The highest BCUT2D eigenvalue weighted by Crippen LogP contribution is 2.25. The molecule has 2 rings (SSSR count). The quantitative estimate of drug-likeness (QED) is 0.823.